The van der Waals surface area contributed by atoms with Gasteiger partial charge in [-0.05, 0) is 24.6 Å². The lowest BCUT2D eigenvalue weighted by Gasteiger charge is -2.26. The van der Waals surface area contributed by atoms with Crippen molar-refractivity contribution in [1.29, 1.82) is 0 Å². The van der Waals surface area contributed by atoms with Gasteiger partial charge in [0.15, 0.2) is 0 Å². The van der Waals surface area contributed by atoms with Crippen LogP contribution in [0.2, 0.25) is 0 Å². The summed E-state index contributed by atoms with van der Waals surface area (Å²) in [6.45, 7) is 3.62. The summed E-state index contributed by atoms with van der Waals surface area (Å²) in [5.74, 6) is -0.100. The van der Waals surface area contributed by atoms with Gasteiger partial charge in [-0.2, -0.15) is 0 Å². The summed E-state index contributed by atoms with van der Waals surface area (Å²) < 4.78 is 1.94. The number of amides is 2. The van der Waals surface area contributed by atoms with E-state index in [1.807, 2.05) is 29.0 Å². The molecule has 0 bridgehead atoms. The van der Waals surface area contributed by atoms with E-state index in [-0.39, 0.29) is 24.9 Å². The SMILES string of the molecule is Cc1cccc2c1ccn2CC(=O)N1CCNC(=O)C1. The molecule has 1 aromatic heterocycles. The third-order valence-corrected chi connectivity index (χ3v) is 3.73. The Labute approximate surface area is 117 Å². The van der Waals surface area contributed by atoms with Gasteiger partial charge in [-0.15, -0.1) is 0 Å². The molecule has 1 aliphatic rings. The van der Waals surface area contributed by atoms with Crippen LogP contribution in [0.3, 0.4) is 0 Å². The van der Waals surface area contributed by atoms with Crippen molar-refractivity contribution < 1.29 is 9.59 Å². The molecule has 104 valence electrons. The number of carbonyl (C=O) groups is 2. The lowest BCUT2D eigenvalue weighted by atomic mass is 10.1. The molecule has 1 aromatic carbocycles. The maximum Gasteiger partial charge on any atom is 0.243 e. The van der Waals surface area contributed by atoms with Crippen LogP contribution in [0.1, 0.15) is 5.56 Å². The Morgan fingerprint density at radius 2 is 2.20 bits per heavy atom. The van der Waals surface area contributed by atoms with E-state index < -0.39 is 0 Å². The van der Waals surface area contributed by atoms with E-state index in [9.17, 15) is 9.59 Å². The quantitative estimate of drug-likeness (QED) is 0.882. The molecule has 2 amide bonds. The van der Waals surface area contributed by atoms with Crippen LogP contribution in [0.25, 0.3) is 10.9 Å². The molecule has 0 saturated carbocycles. The molecule has 3 rings (SSSR count). The minimum atomic E-state index is -0.0854. The zero-order valence-corrected chi connectivity index (χ0v) is 11.4. The van der Waals surface area contributed by atoms with Gasteiger partial charge in [-0.3, -0.25) is 9.59 Å². The van der Waals surface area contributed by atoms with Gasteiger partial charge >= 0.3 is 0 Å². The molecule has 2 heterocycles. The van der Waals surface area contributed by atoms with Gasteiger partial charge in [0.05, 0.1) is 6.54 Å². The minimum absolute atomic E-state index is 0.0149. The summed E-state index contributed by atoms with van der Waals surface area (Å²) in [7, 11) is 0. The van der Waals surface area contributed by atoms with E-state index in [0.717, 1.165) is 10.9 Å². The van der Waals surface area contributed by atoms with Crippen molar-refractivity contribution in [3.8, 4) is 0 Å². The Morgan fingerprint density at radius 3 is 3.00 bits per heavy atom. The number of benzene rings is 1. The first-order valence-corrected chi connectivity index (χ1v) is 6.74. The van der Waals surface area contributed by atoms with Crippen LogP contribution in [-0.4, -0.2) is 40.9 Å². The molecule has 0 radical (unpaired) electrons. The number of nitrogens with zero attached hydrogens (tertiary/aromatic N) is 2. The molecule has 5 nitrogen and oxygen atoms in total. The highest BCUT2D eigenvalue weighted by Crippen LogP contribution is 2.19. The number of piperazine rings is 1. The van der Waals surface area contributed by atoms with E-state index in [4.69, 9.17) is 0 Å². The monoisotopic (exact) mass is 271 g/mol. The average molecular weight is 271 g/mol. The van der Waals surface area contributed by atoms with Crippen molar-refractivity contribution in [1.82, 2.24) is 14.8 Å². The number of fused-ring (bicyclic) bond motifs is 1. The number of hydrogen-bond acceptors (Lipinski definition) is 2. The summed E-state index contributed by atoms with van der Waals surface area (Å²) >= 11 is 0. The van der Waals surface area contributed by atoms with Crippen molar-refractivity contribution in [3.63, 3.8) is 0 Å². The molecule has 1 N–H and O–H groups in total. The second kappa shape index (κ2) is 5.00. The van der Waals surface area contributed by atoms with Crippen LogP contribution in [-0.2, 0) is 16.1 Å². The predicted octanol–water partition coefficient (Wildman–Crippen LogP) is 0.908. The zero-order chi connectivity index (χ0) is 14.1. The van der Waals surface area contributed by atoms with Crippen LogP contribution in [0.4, 0.5) is 0 Å². The highest BCUT2D eigenvalue weighted by Gasteiger charge is 2.21. The zero-order valence-electron chi connectivity index (χ0n) is 11.4. The van der Waals surface area contributed by atoms with Crippen LogP contribution in [0.5, 0.6) is 0 Å². The topological polar surface area (TPSA) is 54.3 Å². The minimum Gasteiger partial charge on any atom is -0.353 e. The van der Waals surface area contributed by atoms with Crippen molar-refractivity contribution in [3.05, 3.63) is 36.0 Å². The van der Waals surface area contributed by atoms with Crippen LogP contribution < -0.4 is 5.32 Å². The first-order valence-electron chi connectivity index (χ1n) is 6.74. The van der Waals surface area contributed by atoms with Gasteiger partial charge in [-0.25, -0.2) is 0 Å². The largest absolute Gasteiger partial charge is 0.353 e. The lowest BCUT2D eigenvalue weighted by molar-refractivity contribution is -0.138. The third kappa shape index (κ3) is 2.27. The van der Waals surface area contributed by atoms with Crippen LogP contribution in [0, 0.1) is 6.92 Å². The maximum atomic E-state index is 12.3. The van der Waals surface area contributed by atoms with E-state index in [1.165, 1.54) is 5.56 Å². The third-order valence-electron chi connectivity index (χ3n) is 3.73. The molecular weight excluding hydrogens is 254 g/mol. The molecule has 0 unspecified atom stereocenters. The number of nitrogens with one attached hydrogen (secondary N) is 1. The second-order valence-electron chi connectivity index (χ2n) is 5.12. The number of carbonyl (C=O) groups excluding carboxylic acids is 2. The smallest absolute Gasteiger partial charge is 0.243 e. The summed E-state index contributed by atoms with van der Waals surface area (Å²) in [5.41, 5.74) is 2.26. The first-order chi connectivity index (χ1) is 9.65. The van der Waals surface area contributed by atoms with Crippen molar-refractivity contribution >= 4 is 22.7 Å². The highest BCUT2D eigenvalue weighted by molar-refractivity contribution is 5.88. The van der Waals surface area contributed by atoms with E-state index in [0.29, 0.717) is 13.1 Å². The summed E-state index contributed by atoms with van der Waals surface area (Å²) in [6, 6.07) is 8.09. The molecule has 0 atom stereocenters. The second-order valence-corrected chi connectivity index (χ2v) is 5.12. The fourth-order valence-electron chi connectivity index (χ4n) is 2.61. The molecule has 0 spiro atoms. The van der Waals surface area contributed by atoms with Gasteiger partial charge in [0.2, 0.25) is 11.8 Å². The molecule has 1 aliphatic heterocycles. The normalized spacial score (nSPS) is 15.4. The van der Waals surface area contributed by atoms with E-state index in [1.54, 1.807) is 4.90 Å². The van der Waals surface area contributed by atoms with Crippen LogP contribution >= 0.6 is 0 Å². The number of hydrogen-bond donors (Lipinski definition) is 1. The fourth-order valence-corrected chi connectivity index (χ4v) is 2.61. The fraction of sp³-hybridized carbons (Fsp3) is 0.333. The van der Waals surface area contributed by atoms with Gasteiger partial charge < -0.3 is 14.8 Å². The summed E-state index contributed by atoms with van der Waals surface area (Å²) in [5, 5.41) is 3.89. The predicted molar refractivity (Wildman–Crippen MR) is 76.3 cm³/mol. The Hall–Kier alpha value is -2.30. The Kier molecular flexibility index (Phi) is 3.18. The lowest BCUT2D eigenvalue weighted by Crippen LogP contribution is -2.50. The van der Waals surface area contributed by atoms with Gasteiger partial charge in [0, 0.05) is 30.2 Å². The first kappa shape index (κ1) is 12.7. The van der Waals surface area contributed by atoms with Gasteiger partial charge in [0.1, 0.15) is 6.54 Å². The van der Waals surface area contributed by atoms with Gasteiger partial charge in [-0.1, -0.05) is 12.1 Å². The van der Waals surface area contributed by atoms with Crippen molar-refractivity contribution in [2.45, 2.75) is 13.5 Å². The van der Waals surface area contributed by atoms with E-state index in [2.05, 4.69) is 18.3 Å². The van der Waals surface area contributed by atoms with Crippen molar-refractivity contribution in [2.24, 2.45) is 0 Å². The van der Waals surface area contributed by atoms with Crippen molar-refractivity contribution in [2.75, 3.05) is 19.6 Å². The standard InChI is InChI=1S/C15H17N3O2/c1-11-3-2-4-13-12(11)5-7-17(13)10-15(20)18-8-6-16-14(19)9-18/h2-5,7H,6,8-10H2,1H3,(H,16,19). The van der Waals surface area contributed by atoms with E-state index >= 15 is 0 Å². The molecule has 1 fully saturated rings. The number of aromatic nitrogens is 1. The average Bonchev–Trinajstić information content (AvgIpc) is 2.83. The molecule has 20 heavy (non-hydrogen) atoms. The maximum absolute atomic E-state index is 12.3. The Morgan fingerprint density at radius 1 is 1.35 bits per heavy atom. The summed E-state index contributed by atoms with van der Waals surface area (Å²) in [4.78, 5) is 25.2. The Balaban J connectivity index is 1.81. The number of rotatable bonds is 2. The molecule has 5 heteroatoms. The Bertz CT molecular complexity index is 675. The highest BCUT2D eigenvalue weighted by atomic mass is 16.2. The molecule has 2 aromatic rings. The molecular formula is C15H17N3O2. The summed E-state index contributed by atoms with van der Waals surface area (Å²) in [6.07, 6.45) is 1.93. The van der Waals surface area contributed by atoms with Gasteiger partial charge in [0.25, 0.3) is 0 Å². The van der Waals surface area contributed by atoms with Crippen LogP contribution in [0.15, 0.2) is 30.5 Å². The number of aryl methyl sites for hydroxylation is 1. The molecule has 0 aliphatic carbocycles. The molecule has 1 saturated heterocycles.